The molecule has 2 aromatic rings. The van der Waals surface area contributed by atoms with Gasteiger partial charge in [0.25, 0.3) is 5.91 Å². The van der Waals surface area contributed by atoms with E-state index in [2.05, 4.69) is 22.0 Å². The topological polar surface area (TPSA) is 62.5 Å². The van der Waals surface area contributed by atoms with Crippen LogP contribution < -0.4 is 0 Å². The van der Waals surface area contributed by atoms with Gasteiger partial charge in [0, 0.05) is 38.4 Å². The first-order valence-corrected chi connectivity index (χ1v) is 8.04. The van der Waals surface area contributed by atoms with Gasteiger partial charge in [-0.15, -0.1) is 0 Å². The normalized spacial score (nSPS) is 15.8. The summed E-state index contributed by atoms with van der Waals surface area (Å²) in [6.07, 6.45) is 2.63. The summed E-state index contributed by atoms with van der Waals surface area (Å²) >= 11 is 0. The maximum Gasteiger partial charge on any atom is 0.272 e. The molecule has 0 unspecified atom stereocenters. The van der Waals surface area contributed by atoms with E-state index in [-0.39, 0.29) is 5.91 Å². The molecule has 1 fully saturated rings. The molecule has 0 aromatic carbocycles. The van der Waals surface area contributed by atoms with Gasteiger partial charge in [-0.3, -0.25) is 14.7 Å². The molecule has 0 atom stereocenters. The molecule has 3 heterocycles. The molecule has 1 aliphatic rings. The van der Waals surface area contributed by atoms with E-state index in [1.165, 1.54) is 0 Å². The zero-order chi connectivity index (χ0) is 16.2. The first-order valence-electron chi connectivity index (χ1n) is 8.04. The number of amides is 1. The minimum Gasteiger partial charge on any atom is -0.360 e. The summed E-state index contributed by atoms with van der Waals surface area (Å²) in [4.78, 5) is 20.9. The van der Waals surface area contributed by atoms with Gasteiger partial charge in [-0.1, -0.05) is 12.1 Å². The lowest BCUT2D eigenvalue weighted by Gasteiger charge is -2.34. The minimum absolute atomic E-state index is 0.0236. The first-order chi connectivity index (χ1) is 11.2. The fourth-order valence-corrected chi connectivity index (χ4v) is 2.79. The maximum absolute atomic E-state index is 12.6. The highest BCUT2D eigenvalue weighted by Crippen LogP contribution is 2.12. The number of nitrogens with zero attached hydrogens (tertiary/aromatic N) is 4. The fourth-order valence-electron chi connectivity index (χ4n) is 2.79. The number of hydrogen-bond acceptors (Lipinski definition) is 5. The van der Waals surface area contributed by atoms with Crippen molar-refractivity contribution in [1.82, 2.24) is 19.9 Å². The van der Waals surface area contributed by atoms with E-state index in [4.69, 9.17) is 4.52 Å². The average molecular weight is 314 g/mol. The number of aryl methyl sites for hydroxylation is 2. The summed E-state index contributed by atoms with van der Waals surface area (Å²) in [7, 11) is 0. The van der Waals surface area contributed by atoms with E-state index < -0.39 is 0 Å². The van der Waals surface area contributed by atoms with Crippen LogP contribution in [0.1, 0.15) is 34.4 Å². The van der Waals surface area contributed by atoms with E-state index in [0.29, 0.717) is 18.8 Å². The quantitative estimate of drug-likeness (QED) is 0.862. The highest BCUT2D eigenvalue weighted by molar-refractivity contribution is 5.92. The Labute approximate surface area is 136 Å². The van der Waals surface area contributed by atoms with Crippen LogP contribution in [0, 0.1) is 6.92 Å². The molecule has 0 N–H and O–H groups in total. The van der Waals surface area contributed by atoms with Crippen molar-refractivity contribution < 1.29 is 9.32 Å². The van der Waals surface area contributed by atoms with E-state index in [1.807, 2.05) is 30.0 Å². The van der Waals surface area contributed by atoms with Crippen molar-refractivity contribution in [3.8, 4) is 0 Å². The molecule has 1 aliphatic heterocycles. The van der Waals surface area contributed by atoms with Crippen LogP contribution in [0.15, 0.2) is 28.9 Å². The molecule has 0 spiro atoms. The Hall–Kier alpha value is -2.21. The molecule has 2 aromatic heterocycles. The van der Waals surface area contributed by atoms with E-state index in [0.717, 1.165) is 43.1 Å². The summed E-state index contributed by atoms with van der Waals surface area (Å²) in [5, 5.41) is 3.91. The third kappa shape index (κ3) is 3.76. The Morgan fingerprint density at radius 3 is 2.70 bits per heavy atom. The van der Waals surface area contributed by atoms with Crippen molar-refractivity contribution in [3.63, 3.8) is 0 Å². The fraction of sp³-hybridized carbons (Fsp3) is 0.471. The van der Waals surface area contributed by atoms with Crippen molar-refractivity contribution in [2.24, 2.45) is 0 Å². The van der Waals surface area contributed by atoms with Crippen LogP contribution in [0.4, 0.5) is 0 Å². The maximum atomic E-state index is 12.6. The van der Waals surface area contributed by atoms with Crippen molar-refractivity contribution in [3.05, 3.63) is 47.1 Å². The smallest absolute Gasteiger partial charge is 0.272 e. The predicted octanol–water partition coefficient (Wildman–Crippen LogP) is 1.90. The largest absolute Gasteiger partial charge is 0.360 e. The standard InChI is InChI=1S/C17H22N4O2/c1-3-14-4-5-18-16(11-14)17(22)21-8-6-20(7-9-21)12-15-10-13(2)19-23-15/h4-5,10-11H,3,6-9,12H2,1-2H3. The van der Waals surface area contributed by atoms with Crippen LogP contribution in [0.2, 0.25) is 0 Å². The second kappa shape index (κ2) is 6.91. The van der Waals surface area contributed by atoms with Gasteiger partial charge in [-0.05, 0) is 31.0 Å². The van der Waals surface area contributed by atoms with Crippen LogP contribution in [0.5, 0.6) is 0 Å². The average Bonchev–Trinajstić information content (AvgIpc) is 3.00. The number of piperazine rings is 1. The second-order valence-corrected chi connectivity index (χ2v) is 5.91. The Balaban J connectivity index is 1.56. The van der Waals surface area contributed by atoms with Gasteiger partial charge in [0.2, 0.25) is 0 Å². The van der Waals surface area contributed by atoms with Gasteiger partial charge >= 0.3 is 0 Å². The number of carbonyl (C=O) groups excluding carboxylic acids is 1. The van der Waals surface area contributed by atoms with Gasteiger partial charge in [0.1, 0.15) is 5.69 Å². The third-order valence-electron chi connectivity index (χ3n) is 4.17. The lowest BCUT2D eigenvalue weighted by molar-refractivity contribution is 0.0611. The Morgan fingerprint density at radius 1 is 1.26 bits per heavy atom. The molecule has 3 rings (SSSR count). The van der Waals surface area contributed by atoms with Crippen LogP contribution in [-0.2, 0) is 13.0 Å². The molecule has 0 radical (unpaired) electrons. The summed E-state index contributed by atoms with van der Waals surface area (Å²) in [5.74, 6) is 0.898. The molecule has 6 nitrogen and oxygen atoms in total. The number of pyridine rings is 1. The van der Waals surface area contributed by atoms with Crippen molar-refractivity contribution >= 4 is 5.91 Å². The van der Waals surface area contributed by atoms with E-state index in [1.54, 1.807) is 6.20 Å². The van der Waals surface area contributed by atoms with Gasteiger partial charge in [-0.2, -0.15) is 0 Å². The van der Waals surface area contributed by atoms with Crippen LogP contribution in [-0.4, -0.2) is 52.0 Å². The lowest BCUT2D eigenvalue weighted by Crippen LogP contribution is -2.48. The van der Waals surface area contributed by atoms with Crippen molar-refractivity contribution in [2.75, 3.05) is 26.2 Å². The number of carbonyl (C=O) groups is 1. The van der Waals surface area contributed by atoms with Crippen molar-refractivity contribution in [2.45, 2.75) is 26.8 Å². The molecule has 0 aliphatic carbocycles. The minimum atomic E-state index is 0.0236. The predicted molar refractivity (Wildman–Crippen MR) is 86.0 cm³/mol. The van der Waals surface area contributed by atoms with Gasteiger partial charge in [0.05, 0.1) is 12.2 Å². The summed E-state index contributed by atoms with van der Waals surface area (Å²) < 4.78 is 5.25. The summed E-state index contributed by atoms with van der Waals surface area (Å²) in [6, 6.07) is 5.80. The highest BCUT2D eigenvalue weighted by atomic mass is 16.5. The van der Waals surface area contributed by atoms with Gasteiger partial charge in [0.15, 0.2) is 5.76 Å². The van der Waals surface area contributed by atoms with Gasteiger partial charge in [-0.25, -0.2) is 0 Å². The number of aromatic nitrogens is 2. The molecule has 1 saturated heterocycles. The third-order valence-corrected chi connectivity index (χ3v) is 4.17. The van der Waals surface area contributed by atoms with Crippen LogP contribution >= 0.6 is 0 Å². The summed E-state index contributed by atoms with van der Waals surface area (Å²) in [5.41, 5.74) is 2.59. The molecule has 23 heavy (non-hydrogen) atoms. The highest BCUT2D eigenvalue weighted by Gasteiger charge is 2.23. The van der Waals surface area contributed by atoms with E-state index in [9.17, 15) is 4.79 Å². The molecule has 1 amide bonds. The van der Waals surface area contributed by atoms with Crippen LogP contribution in [0.3, 0.4) is 0 Å². The zero-order valence-corrected chi connectivity index (χ0v) is 13.7. The molecule has 122 valence electrons. The molecule has 0 bridgehead atoms. The molecule has 6 heteroatoms. The monoisotopic (exact) mass is 314 g/mol. The molecular formula is C17H22N4O2. The van der Waals surface area contributed by atoms with Crippen LogP contribution in [0.25, 0.3) is 0 Å². The molecular weight excluding hydrogens is 292 g/mol. The lowest BCUT2D eigenvalue weighted by atomic mass is 10.1. The molecule has 0 saturated carbocycles. The second-order valence-electron chi connectivity index (χ2n) is 5.91. The number of hydrogen-bond donors (Lipinski definition) is 0. The SMILES string of the molecule is CCc1ccnc(C(=O)N2CCN(Cc3cc(C)no3)CC2)c1. The first kappa shape index (κ1) is 15.7. The van der Waals surface area contributed by atoms with Crippen molar-refractivity contribution in [1.29, 1.82) is 0 Å². The Bertz CT molecular complexity index is 675. The Morgan fingerprint density at radius 2 is 2.04 bits per heavy atom. The Kier molecular flexibility index (Phi) is 4.71. The van der Waals surface area contributed by atoms with Gasteiger partial charge < -0.3 is 9.42 Å². The zero-order valence-electron chi connectivity index (χ0n) is 13.7. The van der Waals surface area contributed by atoms with E-state index >= 15 is 0 Å². The number of rotatable bonds is 4. The summed E-state index contributed by atoms with van der Waals surface area (Å²) in [6.45, 7) is 7.83.